The smallest absolute Gasteiger partial charge is 0.274 e. The van der Waals surface area contributed by atoms with Crippen LogP contribution in [0.2, 0.25) is 0 Å². The Balaban J connectivity index is 1.18. The number of nitrogens with zero attached hydrogens (tertiary/aromatic N) is 5. The highest BCUT2D eigenvalue weighted by atomic mass is 19.1. The number of hydrogen-bond donors (Lipinski definition) is 1. The molecule has 0 radical (unpaired) electrons. The summed E-state index contributed by atoms with van der Waals surface area (Å²) >= 11 is 0. The van der Waals surface area contributed by atoms with Crippen molar-refractivity contribution in [2.24, 2.45) is 5.92 Å². The number of hydrogen-bond acceptors (Lipinski definition) is 7. The molecule has 3 aromatic rings. The topological polar surface area (TPSA) is 87.4 Å². The van der Waals surface area contributed by atoms with Crippen LogP contribution in [0.4, 0.5) is 10.2 Å². The molecule has 2 fully saturated rings. The van der Waals surface area contributed by atoms with Gasteiger partial charge in [-0.1, -0.05) is 23.4 Å². The van der Waals surface area contributed by atoms with Crippen LogP contribution >= 0.6 is 0 Å². The van der Waals surface area contributed by atoms with Crippen LogP contribution in [0.1, 0.15) is 41.7 Å². The number of piperidine rings is 1. The lowest BCUT2D eigenvalue weighted by Gasteiger charge is -2.32. The Bertz CT molecular complexity index is 1090. The normalized spacial score (nSPS) is 17.8. The average molecular weight is 439 g/mol. The van der Waals surface area contributed by atoms with Gasteiger partial charge in [-0.25, -0.2) is 9.37 Å². The van der Waals surface area contributed by atoms with E-state index in [1.807, 2.05) is 12.1 Å². The van der Waals surface area contributed by atoms with Gasteiger partial charge in [0, 0.05) is 31.7 Å². The van der Waals surface area contributed by atoms with Crippen molar-refractivity contribution in [3.8, 4) is 0 Å². The van der Waals surface area contributed by atoms with E-state index >= 15 is 0 Å². The van der Waals surface area contributed by atoms with Crippen molar-refractivity contribution in [2.45, 2.75) is 32.2 Å². The number of nitrogens with one attached hydrogen (secondary N) is 1. The highest BCUT2D eigenvalue weighted by Gasteiger charge is 2.26. The monoisotopic (exact) mass is 438 g/mol. The fourth-order valence-electron chi connectivity index (χ4n) is 4.63. The molecule has 2 saturated heterocycles. The molecule has 0 atom stereocenters. The number of likely N-dealkylation sites (tertiary alicyclic amines) is 1. The van der Waals surface area contributed by atoms with Gasteiger partial charge in [0.2, 0.25) is 0 Å². The van der Waals surface area contributed by atoms with E-state index in [-0.39, 0.29) is 17.4 Å². The molecule has 1 aromatic carbocycles. The zero-order valence-electron chi connectivity index (χ0n) is 18.0. The second-order valence-corrected chi connectivity index (χ2v) is 8.62. The van der Waals surface area contributed by atoms with E-state index in [1.165, 1.54) is 12.4 Å². The fourth-order valence-corrected chi connectivity index (χ4v) is 4.63. The molecule has 168 valence electrons. The number of carbonyl (C=O) groups is 1. The van der Waals surface area contributed by atoms with Gasteiger partial charge in [0.1, 0.15) is 23.3 Å². The number of fused-ring (bicyclic) bond motifs is 1. The van der Waals surface area contributed by atoms with Crippen LogP contribution in [0.15, 0.2) is 35.1 Å². The molecule has 5 rings (SSSR count). The van der Waals surface area contributed by atoms with Crippen molar-refractivity contribution < 1.29 is 13.7 Å². The van der Waals surface area contributed by atoms with E-state index in [4.69, 9.17) is 4.52 Å². The van der Waals surface area contributed by atoms with Gasteiger partial charge in [-0.2, -0.15) is 4.98 Å². The van der Waals surface area contributed by atoms with Crippen molar-refractivity contribution in [1.29, 1.82) is 0 Å². The van der Waals surface area contributed by atoms with Gasteiger partial charge in [0.15, 0.2) is 5.69 Å². The molecule has 0 spiro atoms. The molecule has 0 unspecified atom stereocenters. The van der Waals surface area contributed by atoms with Crippen molar-refractivity contribution in [3.63, 3.8) is 0 Å². The van der Waals surface area contributed by atoms with Crippen LogP contribution in [0, 0.1) is 11.7 Å². The summed E-state index contributed by atoms with van der Waals surface area (Å²) in [7, 11) is 0. The standard InChI is InChI=1S/C23H27FN6O2/c24-18-6-2-1-5-17(18)14-29-11-7-16(8-12-29)13-25-22(31)20-19-21(30-9-3-4-10-30)26-15-27-23(19)32-28-20/h1-2,5-6,15-16H,3-4,7-14H2,(H,25,31). The van der Waals surface area contributed by atoms with E-state index in [0.717, 1.165) is 63.2 Å². The van der Waals surface area contributed by atoms with Crippen LogP contribution in [0.3, 0.4) is 0 Å². The summed E-state index contributed by atoms with van der Waals surface area (Å²) in [4.78, 5) is 25.9. The Labute approximate surface area is 185 Å². The van der Waals surface area contributed by atoms with E-state index in [0.29, 0.717) is 30.1 Å². The number of aromatic nitrogens is 3. The predicted molar refractivity (Wildman–Crippen MR) is 118 cm³/mol. The van der Waals surface area contributed by atoms with Crippen LogP contribution in [-0.2, 0) is 6.54 Å². The molecule has 8 nitrogen and oxygen atoms in total. The fraction of sp³-hybridized carbons (Fsp3) is 0.478. The molecule has 2 aliphatic rings. The first-order chi connectivity index (χ1) is 15.7. The Hall–Kier alpha value is -3.07. The molecule has 0 bridgehead atoms. The van der Waals surface area contributed by atoms with Gasteiger partial charge < -0.3 is 14.7 Å². The van der Waals surface area contributed by atoms with Crippen LogP contribution < -0.4 is 10.2 Å². The Kier molecular flexibility index (Phi) is 5.98. The number of anilines is 1. The lowest BCUT2D eigenvalue weighted by atomic mass is 9.96. The second kappa shape index (κ2) is 9.20. The molecule has 1 amide bonds. The number of benzene rings is 1. The van der Waals surface area contributed by atoms with Gasteiger partial charge in [-0.15, -0.1) is 0 Å². The third kappa shape index (κ3) is 4.29. The van der Waals surface area contributed by atoms with Crippen LogP contribution in [-0.4, -0.2) is 58.7 Å². The largest absolute Gasteiger partial charge is 0.356 e. The van der Waals surface area contributed by atoms with E-state index in [1.54, 1.807) is 6.07 Å². The molecule has 32 heavy (non-hydrogen) atoms. The lowest BCUT2D eigenvalue weighted by molar-refractivity contribution is 0.0927. The van der Waals surface area contributed by atoms with Crippen molar-refractivity contribution in [1.82, 2.24) is 25.3 Å². The maximum atomic E-state index is 13.9. The predicted octanol–water partition coefficient (Wildman–Crippen LogP) is 3.00. The van der Waals surface area contributed by atoms with Gasteiger partial charge in [-0.3, -0.25) is 9.69 Å². The van der Waals surface area contributed by atoms with Gasteiger partial charge >= 0.3 is 0 Å². The molecule has 9 heteroatoms. The minimum absolute atomic E-state index is 0.154. The molecular weight excluding hydrogens is 411 g/mol. The molecular formula is C23H27FN6O2. The molecule has 0 aliphatic carbocycles. The molecule has 4 heterocycles. The summed E-state index contributed by atoms with van der Waals surface area (Å²) in [5.74, 6) is 0.690. The summed E-state index contributed by atoms with van der Waals surface area (Å²) in [5.41, 5.74) is 1.32. The van der Waals surface area contributed by atoms with E-state index in [9.17, 15) is 9.18 Å². The third-order valence-corrected chi connectivity index (χ3v) is 6.48. The zero-order chi connectivity index (χ0) is 21.9. The van der Waals surface area contributed by atoms with Crippen LogP contribution in [0.25, 0.3) is 11.1 Å². The first-order valence-electron chi connectivity index (χ1n) is 11.3. The highest BCUT2D eigenvalue weighted by Crippen LogP contribution is 2.29. The third-order valence-electron chi connectivity index (χ3n) is 6.48. The Morgan fingerprint density at radius 3 is 2.69 bits per heavy atom. The maximum Gasteiger partial charge on any atom is 0.274 e. The SMILES string of the molecule is O=C(NCC1CCN(Cc2ccccc2F)CC1)c1noc2ncnc(N3CCCC3)c12. The van der Waals surface area contributed by atoms with Gasteiger partial charge in [0.25, 0.3) is 11.6 Å². The van der Waals surface area contributed by atoms with Gasteiger partial charge in [-0.05, 0) is 50.8 Å². The summed E-state index contributed by atoms with van der Waals surface area (Å²) in [6.45, 7) is 4.78. The van der Waals surface area contributed by atoms with Crippen molar-refractivity contribution in [2.75, 3.05) is 37.6 Å². The first-order valence-corrected chi connectivity index (χ1v) is 11.3. The Morgan fingerprint density at radius 2 is 1.91 bits per heavy atom. The van der Waals surface area contributed by atoms with E-state index < -0.39 is 0 Å². The molecule has 2 aliphatic heterocycles. The molecule has 2 aromatic heterocycles. The zero-order valence-corrected chi connectivity index (χ0v) is 18.0. The van der Waals surface area contributed by atoms with Gasteiger partial charge in [0.05, 0.1) is 0 Å². The molecule has 1 N–H and O–H groups in total. The van der Waals surface area contributed by atoms with Crippen molar-refractivity contribution in [3.05, 3.63) is 47.7 Å². The summed E-state index contributed by atoms with van der Waals surface area (Å²) in [5, 5.41) is 7.61. The Morgan fingerprint density at radius 1 is 1.12 bits per heavy atom. The second-order valence-electron chi connectivity index (χ2n) is 8.62. The highest BCUT2D eigenvalue weighted by molar-refractivity contribution is 6.07. The average Bonchev–Trinajstić information content (AvgIpc) is 3.50. The number of halogens is 1. The van der Waals surface area contributed by atoms with Crippen LogP contribution in [0.5, 0.6) is 0 Å². The number of rotatable bonds is 6. The lowest BCUT2D eigenvalue weighted by Crippen LogP contribution is -2.38. The summed E-state index contributed by atoms with van der Waals surface area (Å²) in [6.07, 6.45) is 5.58. The van der Waals surface area contributed by atoms with Crippen molar-refractivity contribution >= 4 is 22.8 Å². The number of amides is 1. The quantitative estimate of drug-likeness (QED) is 0.633. The minimum atomic E-state index is -0.257. The number of carbonyl (C=O) groups excluding carboxylic acids is 1. The first kappa shape index (κ1) is 20.8. The maximum absolute atomic E-state index is 13.9. The minimum Gasteiger partial charge on any atom is -0.356 e. The summed E-state index contributed by atoms with van der Waals surface area (Å²) < 4.78 is 19.2. The summed E-state index contributed by atoms with van der Waals surface area (Å²) in [6, 6.07) is 6.93. The van der Waals surface area contributed by atoms with E-state index in [2.05, 4.69) is 30.2 Å². The molecule has 0 saturated carbocycles.